The van der Waals surface area contributed by atoms with Gasteiger partial charge in [-0.15, -0.1) is 0 Å². The molecule has 0 aliphatic rings. The summed E-state index contributed by atoms with van der Waals surface area (Å²) < 4.78 is 7.10. The van der Waals surface area contributed by atoms with E-state index in [4.69, 9.17) is 4.74 Å². The number of methoxy groups -OCH3 is 1. The minimum atomic E-state index is -0.0869. The molecule has 4 rings (SSSR count). The van der Waals surface area contributed by atoms with Crippen LogP contribution in [0, 0.1) is 0 Å². The number of imidazole rings is 1. The smallest absolute Gasteiger partial charge is 0.232 e. The van der Waals surface area contributed by atoms with Gasteiger partial charge in [-0.2, -0.15) is 0 Å². The molecule has 4 aromatic rings. The molecule has 2 aromatic carbocycles. The average Bonchev–Trinajstić information content (AvgIpc) is 3.36. The number of carbonyl (C=O) groups excluding carboxylic acids is 1. The zero-order chi connectivity index (χ0) is 17.9. The van der Waals surface area contributed by atoms with Crippen molar-refractivity contribution in [2.75, 3.05) is 7.11 Å². The summed E-state index contributed by atoms with van der Waals surface area (Å²) in [7, 11) is 1.67. The molecular weight excluding hydrogens is 326 g/mol. The van der Waals surface area contributed by atoms with E-state index in [1.165, 1.54) is 4.57 Å². The van der Waals surface area contributed by atoms with Gasteiger partial charge in [-0.25, -0.2) is 4.98 Å². The van der Waals surface area contributed by atoms with Crippen molar-refractivity contribution in [3.63, 3.8) is 0 Å². The first-order valence-corrected chi connectivity index (χ1v) is 8.48. The van der Waals surface area contributed by atoms with Gasteiger partial charge >= 0.3 is 0 Å². The number of nitrogens with zero attached hydrogens (tertiary/aromatic N) is 2. The molecule has 1 N–H and O–H groups in total. The number of aromatic amines is 1. The van der Waals surface area contributed by atoms with Crippen LogP contribution >= 0.6 is 0 Å². The number of fused-ring (bicyclic) bond motifs is 1. The Labute approximate surface area is 151 Å². The summed E-state index contributed by atoms with van der Waals surface area (Å²) in [5.74, 6) is 0.714. The highest BCUT2D eigenvalue weighted by molar-refractivity contribution is 5.91. The molecule has 0 aliphatic carbocycles. The molecule has 26 heavy (non-hydrogen) atoms. The van der Waals surface area contributed by atoms with Crippen molar-refractivity contribution in [2.24, 2.45) is 0 Å². The molecular formula is C21H19N3O2. The summed E-state index contributed by atoms with van der Waals surface area (Å²) in [5.41, 5.74) is 3.14. The van der Waals surface area contributed by atoms with E-state index in [0.717, 1.165) is 27.8 Å². The zero-order valence-electron chi connectivity index (χ0n) is 14.4. The van der Waals surface area contributed by atoms with Crippen molar-refractivity contribution in [3.05, 3.63) is 84.6 Å². The van der Waals surface area contributed by atoms with Gasteiger partial charge < -0.3 is 9.72 Å². The molecule has 2 heterocycles. The lowest BCUT2D eigenvalue weighted by molar-refractivity contribution is 0.0897. The van der Waals surface area contributed by atoms with Crippen LogP contribution in [0.1, 0.15) is 28.3 Å². The molecule has 0 aliphatic heterocycles. The Kier molecular flexibility index (Phi) is 4.27. The molecule has 2 aromatic heterocycles. The maximum Gasteiger partial charge on any atom is 0.232 e. The highest BCUT2D eigenvalue weighted by Crippen LogP contribution is 2.38. The standard InChI is InChI=1S/C21H19N3O2/c1-26-19-9-5-8-18-21(19)17(13-23-18)16(15-6-3-2-4-7-15)12-20(25)24-11-10-22-14-24/h2-11,13-14,16,23H,12H2,1H3/t16-/m0/s1. The molecule has 0 unspecified atom stereocenters. The lowest BCUT2D eigenvalue weighted by Crippen LogP contribution is -2.14. The van der Waals surface area contributed by atoms with E-state index in [-0.39, 0.29) is 11.8 Å². The van der Waals surface area contributed by atoms with Crippen LogP contribution in [0.25, 0.3) is 10.9 Å². The molecule has 0 bridgehead atoms. The molecule has 0 saturated heterocycles. The van der Waals surface area contributed by atoms with Crippen LogP contribution < -0.4 is 4.74 Å². The van der Waals surface area contributed by atoms with Crippen molar-refractivity contribution in [1.82, 2.24) is 14.5 Å². The van der Waals surface area contributed by atoms with Crippen LogP contribution in [0.5, 0.6) is 5.75 Å². The van der Waals surface area contributed by atoms with Crippen LogP contribution in [-0.4, -0.2) is 27.6 Å². The minimum absolute atomic E-state index is 0.000557. The SMILES string of the molecule is COc1cccc2[nH]cc([C@@H](CC(=O)n3ccnc3)c3ccccc3)c12. The second-order valence-electron chi connectivity index (χ2n) is 6.16. The van der Waals surface area contributed by atoms with E-state index >= 15 is 0 Å². The highest BCUT2D eigenvalue weighted by Gasteiger charge is 2.23. The maximum atomic E-state index is 12.8. The van der Waals surface area contributed by atoms with E-state index in [9.17, 15) is 4.79 Å². The summed E-state index contributed by atoms with van der Waals surface area (Å²) in [6.45, 7) is 0. The van der Waals surface area contributed by atoms with Gasteiger partial charge in [-0.3, -0.25) is 9.36 Å². The Morgan fingerprint density at radius 2 is 2.04 bits per heavy atom. The Balaban J connectivity index is 1.82. The maximum absolute atomic E-state index is 12.8. The molecule has 0 fully saturated rings. The van der Waals surface area contributed by atoms with E-state index in [1.54, 1.807) is 25.8 Å². The van der Waals surface area contributed by atoms with E-state index in [2.05, 4.69) is 22.1 Å². The number of carbonyl (C=O) groups is 1. The van der Waals surface area contributed by atoms with Gasteiger partial charge in [0.15, 0.2) is 0 Å². The number of nitrogens with one attached hydrogen (secondary N) is 1. The van der Waals surface area contributed by atoms with Crippen molar-refractivity contribution in [2.45, 2.75) is 12.3 Å². The summed E-state index contributed by atoms with van der Waals surface area (Å²) in [6.07, 6.45) is 7.15. The van der Waals surface area contributed by atoms with Crippen LogP contribution in [0.4, 0.5) is 0 Å². The number of ether oxygens (including phenoxy) is 1. The van der Waals surface area contributed by atoms with Crippen LogP contribution in [0.15, 0.2) is 73.4 Å². The number of hydrogen-bond donors (Lipinski definition) is 1. The Bertz CT molecular complexity index is 1020. The third-order valence-electron chi connectivity index (χ3n) is 4.67. The molecule has 1 atom stereocenters. The quantitative estimate of drug-likeness (QED) is 0.589. The monoisotopic (exact) mass is 345 g/mol. The average molecular weight is 345 g/mol. The van der Waals surface area contributed by atoms with Crippen molar-refractivity contribution < 1.29 is 9.53 Å². The largest absolute Gasteiger partial charge is 0.496 e. The van der Waals surface area contributed by atoms with Crippen LogP contribution in [-0.2, 0) is 0 Å². The van der Waals surface area contributed by atoms with Crippen LogP contribution in [0.3, 0.4) is 0 Å². The second-order valence-corrected chi connectivity index (χ2v) is 6.16. The number of aromatic nitrogens is 3. The third-order valence-corrected chi connectivity index (χ3v) is 4.67. The number of rotatable bonds is 5. The number of H-pyrrole nitrogens is 1. The Hall–Kier alpha value is -3.34. The van der Waals surface area contributed by atoms with Crippen molar-refractivity contribution in [3.8, 4) is 5.75 Å². The first-order valence-electron chi connectivity index (χ1n) is 8.48. The molecule has 5 nitrogen and oxygen atoms in total. The first-order chi connectivity index (χ1) is 12.8. The van der Waals surface area contributed by atoms with Gasteiger partial charge in [0.05, 0.1) is 7.11 Å². The summed E-state index contributed by atoms with van der Waals surface area (Å²) >= 11 is 0. The predicted molar refractivity (Wildman–Crippen MR) is 101 cm³/mol. The van der Waals surface area contributed by atoms with E-state index in [1.807, 2.05) is 42.6 Å². The van der Waals surface area contributed by atoms with E-state index in [0.29, 0.717) is 6.42 Å². The third kappa shape index (κ3) is 2.88. The highest BCUT2D eigenvalue weighted by atomic mass is 16.5. The Morgan fingerprint density at radius 3 is 2.77 bits per heavy atom. The molecule has 0 amide bonds. The summed E-state index contributed by atoms with van der Waals surface area (Å²) in [5, 5.41) is 1.02. The van der Waals surface area contributed by atoms with E-state index < -0.39 is 0 Å². The molecule has 0 spiro atoms. The van der Waals surface area contributed by atoms with Gasteiger partial charge in [0, 0.05) is 41.8 Å². The normalized spacial score (nSPS) is 12.2. The first kappa shape index (κ1) is 16.1. The van der Waals surface area contributed by atoms with Gasteiger partial charge in [0.25, 0.3) is 0 Å². The molecule has 0 saturated carbocycles. The van der Waals surface area contributed by atoms with Crippen molar-refractivity contribution >= 4 is 16.8 Å². The predicted octanol–water partition coefficient (Wildman–Crippen LogP) is 4.24. The van der Waals surface area contributed by atoms with Crippen LogP contribution in [0.2, 0.25) is 0 Å². The summed E-state index contributed by atoms with van der Waals surface area (Å²) in [4.78, 5) is 20.0. The molecule has 5 heteroatoms. The van der Waals surface area contributed by atoms with Gasteiger partial charge in [0.1, 0.15) is 12.1 Å². The fraction of sp³-hybridized carbons (Fsp3) is 0.143. The Morgan fingerprint density at radius 1 is 1.19 bits per heavy atom. The minimum Gasteiger partial charge on any atom is -0.496 e. The fourth-order valence-electron chi connectivity index (χ4n) is 3.40. The van der Waals surface area contributed by atoms with Gasteiger partial charge in [0.2, 0.25) is 5.91 Å². The zero-order valence-corrected chi connectivity index (χ0v) is 14.4. The lowest BCUT2D eigenvalue weighted by atomic mass is 9.87. The number of hydrogen-bond acceptors (Lipinski definition) is 3. The summed E-state index contributed by atoms with van der Waals surface area (Å²) in [6, 6.07) is 16.0. The topological polar surface area (TPSA) is 59.9 Å². The molecule has 130 valence electrons. The molecule has 0 radical (unpaired) electrons. The fourth-order valence-corrected chi connectivity index (χ4v) is 3.40. The number of benzene rings is 2. The van der Waals surface area contributed by atoms with Crippen molar-refractivity contribution in [1.29, 1.82) is 0 Å². The van der Waals surface area contributed by atoms with Gasteiger partial charge in [-0.05, 0) is 23.3 Å². The second kappa shape index (κ2) is 6.88. The lowest BCUT2D eigenvalue weighted by Gasteiger charge is -2.17. The van der Waals surface area contributed by atoms with Gasteiger partial charge in [-0.1, -0.05) is 36.4 Å².